The third-order valence-corrected chi connectivity index (χ3v) is 6.42. The van der Waals surface area contributed by atoms with E-state index < -0.39 is 46.1 Å². The zero-order valence-electron chi connectivity index (χ0n) is 24.0. The predicted octanol–water partition coefficient (Wildman–Crippen LogP) is 5.98. The first-order valence-electron chi connectivity index (χ1n) is 13.6. The molecule has 11 nitrogen and oxygen atoms in total. The highest BCUT2D eigenvalue weighted by atomic mass is 16.6. The Morgan fingerprint density at radius 1 is 0.488 bits per heavy atom. The Kier molecular flexibility index (Phi) is 9.34. The summed E-state index contributed by atoms with van der Waals surface area (Å²) in [6.45, 7) is 6.82. The number of carboxylic acid groups (broad SMARTS) is 2. The van der Waals surface area contributed by atoms with E-state index in [1.165, 1.54) is 0 Å². The van der Waals surface area contributed by atoms with Gasteiger partial charge in [-0.15, -0.1) is 0 Å². The molecule has 0 saturated heterocycles. The van der Waals surface area contributed by atoms with Crippen LogP contribution in [0.15, 0.2) is 48.5 Å². The van der Waals surface area contributed by atoms with Crippen molar-refractivity contribution >= 4 is 45.4 Å². The molecule has 0 unspecified atom stereocenters. The summed E-state index contributed by atoms with van der Waals surface area (Å²) in [5, 5.41) is 21.9. The number of benzene rings is 4. The molecule has 0 heterocycles. The third kappa shape index (κ3) is 5.61. The van der Waals surface area contributed by atoms with Gasteiger partial charge in [-0.05, 0) is 27.7 Å². The second-order valence-electron chi connectivity index (χ2n) is 8.93. The molecule has 0 spiro atoms. The molecule has 0 bridgehead atoms. The SMILES string of the molecule is CCOc1c(C(=O)O)c(C(=O)OC(=O)c2c(C(=O)O)c(OCC)c3ccccc3c2OCC)c(OCC)c2ccccc12. The van der Waals surface area contributed by atoms with E-state index in [0.717, 1.165) is 0 Å². The Hall–Kier alpha value is -5.32. The highest BCUT2D eigenvalue weighted by Crippen LogP contribution is 2.44. The van der Waals surface area contributed by atoms with Gasteiger partial charge in [-0.1, -0.05) is 48.5 Å². The standard InChI is InChI=1S/C32H30O11/c1-5-39-25-17-13-9-11-15-19(17)27(41-7-3)23(21(25)29(33)34)31(37)43-32(38)24-22(30(35)36)26(40-6-2)18-14-10-12-16-20(18)28(24)42-8-4/h9-16H,5-8H2,1-4H3,(H,33,34)(H,35,36). The van der Waals surface area contributed by atoms with Gasteiger partial charge in [0.05, 0.1) is 26.4 Å². The number of hydrogen-bond donors (Lipinski definition) is 2. The molecular weight excluding hydrogens is 560 g/mol. The van der Waals surface area contributed by atoms with Gasteiger partial charge in [0.25, 0.3) is 0 Å². The van der Waals surface area contributed by atoms with E-state index in [2.05, 4.69) is 0 Å². The van der Waals surface area contributed by atoms with Crippen LogP contribution in [0.25, 0.3) is 21.5 Å². The maximum absolute atomic E-state index is 13.8. The van der Waals surface area contributed by atoms with E-state index in [9.17, 15) is 29.4 Å². The van der Waals surface area contributed by atoms with E-state index in [0.29, 0.717) is 21.5 Å². The summed E-state index contributed by atoms with van der Waals surface area (Å²) in [4.78, 5) is 52.8. The summed E-state index contributed by atoms with van der Waals surface area (Å²) in [7, 11) is 0. The van der Waals surface area contributed by atoms with Crippen LogP contribution in [0.1, 0.15) is 69.1 Å². The minimum atomic E-state index is -1.53. The monoisotopic (exact) mass is 590 g/mol. The fraction of sp³-hybridized carbons (Fsp3) is 0.250. The van der Waals surface area contributed by atoms with E-state index in [1.807, 2.05) is 0 Å². The predicted molar refractivity (Wildman–Crippen MR) is 156 cm³/mol. The Bertz CT molecular complexity index is 1610. The first-order valence-corrected chi connectivity index (χ1v) is 13.6. The van der Waals surface area contributed by atoms with Gasteiger partial charge in [-0.25, -0.2) is 19.2 Å². The lowest BCUT2D eigenvalue weighted by Crippen LogP contribution is -2.22. The maximum atomic E-state index is 13.8. The van der Waals surface area contributed by atoms with Crippen molar-refractivity contribution < 1.29 is 53.1 Å². The Balaban J connectivity index is 2.00. The van der Waals surface area contributed by atoms with Crippen LogP contribution in [-0.2, 0) is 4.74 Å². The molecule has 0 aromatic heterocycles. The summed E-state index contributed by atoms with van der Waals surface area (Å²) in [5.41, 5.74) is -2.27. The van der Waals surface area contributed by atoms with Crippen LogP contribution in [0.5, 0.6) is 23.0 Å². The molecule has 0 saturated carbocycles. The normalized spacial score (nSPS) is 10.8. The molecule has 0 aliphatic carbocycles. The molecule has 0 atom stereocenters. The smallest absolute Gasteiger partial charge is 0.350 e. The van der Waals surface area contributed by atoms with E-state index in [4.69, 9.17) is 23.7 Å². The van der Waals surface area contributed by atoms with Crippen molar-refractivity contribution in [1.82, 2.24) is 0 Å². The number of rotatable bonds is 12. The van der Waals surface area contributed by atoms with Crippen molar-refractivity contribution in [2.45, 2.75) is 27.7 Å². The molecule has 0 amide bonds. The zero-order chi connectivity index (χ0) is 31.3. The van der Waals surface area contributed by atoms with Crippen molar-refractivity contribution in [1.29, 1.82) is 0 Å². The number of aromatic carboxylic acids is 2. The molecule has 43 heavy (non-hydrogen) atoms. The number of carbonyl (C=O) groups excluding carboxylic acids is 2. The summed E-state index contributed by atoms with van der Waals surface area (Å²) < 4.78 is 28.1. The minimum Gasteiger partial charge on any atom is -0.492 e. The number of ether oxygens (including phenoxy) is 5. The average molecular weight is 591 g/mol. The van der Waals surface area contributed by atoms with Gasteiger partial charge in [0.1, 0.15) is 45.3 Å². The highest BCUT2D eigenvalue weighted by Gasteiger charge is 2.36. The quantitative estimate of drug-likeness (QED) is 0.148. The molecule has 4 aromatic carbocycles. The molecule has 2 N–H and O–H groups in total. The number of carboxylic acids is 2. The Morgan fingerprint density at radius 2 is 0.744 bits per heavy atom. The molecule has 0 aliphatic rings. The Morgan fingerprint density at radius 3 is 0.977 bits per heavy atom. The van der Waals surface area contributed by atoms with Crippen molar-refractivity contribution in [3.8, 4) is 23.0 Å². The lowest BCUT2D eigenvalue weighted by Gasteiger charge is -2.21. The third-order valence-electron chi connectivity index (χ3n) is 6.42. The second kappa shape index (κ2) is 13.1. The fourth-order valence-corrected chi connectivity index (χ4v) is 4.91. The molecule has 224 valence electrons. The number of carbonyl (C=O) groups is 4. The summed E-state index contributed by atoms with van der Waals surface area (Å²) in [6.07, 6.45) is 0. The van der Waals surface area contributed by atoms with Gasteiger partial charge in [-0.2, -0.15) is 0 Å². The first kappa shape index (κ1) is 30.6. The zero-order valence-corrected chi connectivity index (χ0v) is 24.0. The van der Waals surface area contributed by atoms with Crippen molar-refractivity contribution in [2.75, 3.05) is 26.4 Å². The van der Waals surface area contributed by atoms with Gasteiger partial charge in [0, 0.05) is 21.5 Å². The molecule has 4 aromatic rings. The van der Waals surface area contributed by atoms with Crippen LogP contribution in [0.2, 0.25) is 0 Å². The summed E-state index contributed by atoms with van der Waals surface area (Å²) >= 11 is 0. The topological polar surface area (TPSA) is 155 Å². The number of fused-ring (bicyclic) bond motifs is 2. The molecule has 0 fully saturated rings. The lowest BCUT2D eigenvalue weighted by atomic mass is 9.96. The van der Waals surface area contributed by atoms with E-state index in [-0.39, 0.29) is 49.4 Å². The maximum Gasteiger partial charge on any atom is 0.350 e. The van der Waals surface area contributed by atoms with Gasteiger partial charge >= 0.3 is 23.9 Å². The van der Waals surface area contributed by atoms with Crippen LogP contribution in [0.3, 0.4) is 0 Å². The number of esters is 2. The lowest BCUT2D eigenvalue weighted by molar-refractivity contribution is 0.0380. The molecule has 11 heteroatoms. The average Bonchev–Trinajstić information content (AvgIpc) is 2.98. The van der Waals surface area contributed by atoms with Crippen molar-refractivity contribution in [2.24, 2.45) is 0 Å². The van der Waals surface area contributed by atoms with Crippen LogP contribution < -0.4 is 18.9 Å². The Labute approximate surface area is 246 Å². The summed E-state index contributed by atoms with van der Waals surface area (Å²) in [6, 6.07) is 13.1. The first-order chi connectivity index (χ1) is 20.7. The van der Waals surface area contributed by atoms with Crippen LogP contribution in [-0.4, -0.2) is 60.5 Å². The van der Waals surface area contributed by atoms with Gasteiger partial charge < -0.3 is 33.9 Å². The molecular formula is C32H30O11. The highest BCUT2D eigenvalue weighted by molar-refractivity contribution is 6.19. The number of hydrogen-bond acceptors (Lipinski definition) is 9. The van der Waals surface area contributed by atoms with E-state index >= 15 is 0 Å². The minimum absolute atomic E-state index is 0.0469. The van der Waals surface area contributed by atoms with Crippen LogP contribution in [0, 0.1) is 0 Å². The van der Waals surface area contributed by atoms with Crippen LogP contribution >= 0.6 is 0 Å². The van der Waals surface area contributed by atoms with Crippen molar-refractivity contribution in [3.05, 3.63) is 70.8 Å². The molecule has 4 rings (SSSR count). The summed E-state index contributed by atoms with van der Waals surface area (Å²) in [5.74, 6) is -6.31. The second-order valence-corrected chi connectivity index (χ2v) is 8.93. The molecule has 0 radical (unpaired) electrons. The van der Waals surface area contributed by atoms with Gasteiger partial charge in [0.2, 0.25) is 0 Å². The molecule has 0 aliphatic heterocycles. The fourth-order valence-electron chi connectivity index (χ4n) is 4.91. The van der Waals surface area contributed by atoms with Gasteiger partial charge in [0.15, 0.2) is 0 Å². The van der Waals surface area contributed by atoms with Crippen LogP contribution in [0.4, 0.5) is 0 Å². The van der Waals surface area contributed by atoms with Gasteiger partial charge in [-0.3, -0.25) is 0 Å². The largest absolute Gasteiger partial charge is 0.492 e. The van der Waals surface area contributed by atoms with E-state index in [1.54, 1.807) is 76.2 Å². The van der Waals surface area contributed by atoms with Crippen molar-refractivity contribution in [3.63, 3.8) is 0 Å².